The highest BCUT2D eigenvalue weighted by atomic mass is 79.9. The molecule has 0 aromatic heterocycles. The zero-order chi connectivity index (χ0) is 12.5. The van der Waals surface area contributed by atoms with Gasteiger partial charge in [-0.05, 0) is 23.6 Å². The number of hydrogen-bond donors (Lipinski definition) is 1. The number of benzene rings is 1. The van der Waals surface area contributed by atoms with Gasteiger partial charge in [0.15, 0.2) is 0 Å². The molecule has 0 spiro atoms. The number of rotatable bonds is 8. The Balaban J connectivity index is 2.27. The Kier molecular flexibility index (Phi) is 7.44. The molecule has 2 N–H and O–H groups in total. The lowest BCUT2D eigenvalue weighted by atomic mass is 10.1. The van der Waals surface area contributed by atoms with E-state index in [-0.39, 0.29) is 0 Å². The van der Waals surface area contributed by atoms with Crippen molar-refractivity contribution in [1.29, 1.82) is 0 Å². The number of halogens is 1. The maximum atomic E-state index is 5.57. The Labute approximate surface area is 111 Å². The molecule has 0 saturated heterocycles. The first kappa shape index (κ1) is 14.6. The molecule has 0 amide bonds. The van der Waals surface area contributed by atoms with Crippen LogP contribution in [0, 0.1) is 0 Å². The normalized spacial score (nSPS) is 10.8. The average molecular weight is 302 g/mol. The molecule has 0 saturated carbocycles. The van der Waals surface area contributed by atoms with E-state index in [0.717, 1.165) is 28.6 Å². The zero-order valence-corrected chi connectivity index (χ0v) is 11.8. The third-order valence-corrected chi connectivity index (χ3v) is 3.07. The van der Waals surface area contributed by atoms with Crippen LogP contribution in [0.15, 0.2) is 22.7 Å². The second-order valence-corrected chi connectivity index (χ2v) is 4.65. The third kappa shape index (κ3) is 5.64. The van der Waals surface area contributed by atoms with Crippen molar-refractivity contribution in [2.45, 2.75) is 26.5 Å². The Morgan fingerprint density at radius 1 is 1.18 bits per heavy atom. The Morgan fingerprint density at radius 3 is 2.59 bits per heavy atom. The first-order chi connectivity index (χ1) is 8.27. The summed E-state index contributed by atoms with van der Waals surface area (Å²) in [7, 11) is 0. The van der Waals surface area contributed by atoms with Gasteiger partial charge in [-0.3, -0.25) is 0 Å². The Hall–Kier alpha value is -0.420. The van der Waals surface area contributed by atoms with Gasteiger partial charge in [-0.15, -0.1) is 0 Å². The highest BCUT2D eigenvalue weighted by molar-refractivity contribution is 9.10. The molecular weight excluding hydrogens is 282 g/mol. The molecule has 3 nitrogen and oxygen atoms in total. The van der Waals surface area contributed by atoms with E-state index in [9.17, 15) is 0 Å². The largest absolute Gasteiger partial charge is 0.379 e. The minimum absolute atomic E-state index is 0.560. The van der Waals surface area contributed by atoms with Crippen molar-refractivity contribution in [2.75, 3.05) is 19.8 Å². The van der Waals surface area contributed by atoms with E-state index in [1.165, 1.54) is 0 Å². The molecule has 0 bridgehead atoms. The minimum atomic E-state index is 0.560. The first-order valence-electron chi connectivity index (χ1n) is 5.90. The fourth-order valence-corrected chi connectivity index (χ4v) is 1.92. The molecule has 0 unspecified atom stereocenters. The maximum Gasteiger partial charge on any atom is 0.0728 e. The summed E-state index contributed by atoms with van der Waals surface area (Å²) in [5.41, 5.74) is 7.82. The lowest BCUT2D eigenvalue weighted by molar-refractivity contribution is 0.0406. The monoisotopic (exact) mass is 301 g/mol. The number of hydrogen-bond acceptors (Lipinski definition) is 3. The molecule has 0 atom stereocenters. The summed E-state index contributed by atoms with van der Waals surface area (Å²) >= 11 is 3.52. The van der Waals surface area contributed by atoms with Crippen LogP contribution >= 0.6 is 15.9 Å². The lowest BCUT2D eigenvalue weighted by Gasteiger charge is -2.08. The van der Waals surface area contributed by atoms with E-state index >= 15 is 0 Å². The standard InChI is InChI=1S/C13H20BrNO2/c1-2-5-16-6-7-17-10-12-4-3-11(9-15)8-13(12)14/h3-4,8H,2,5-7,9-10,15H2,1H3. The van der Waals surface area contributed by atoms with Gasteiger partial charge >= 0.3 is 0 Å². The molecule has 0 heterocycles. The molecule has 1 rings (SSSR count). The average Bonchev–Trinajstić information content (AvgIpc) is 2.35. The Bertz CT molecular complexity index is 331. The predicted octanol–water partition coefficient (Wildman–Crippen LogP) is 2.85. The summed E-state index contributed by atoms with van der Waals surface area (Å²) in [4.78, 5) is 0. The second kappa shape index (κ2) is 8.64. The van der Waals surface area contributed by atoms with Gasteiger partial charge < -0.3 is 15.2 Å². The van der Waals surface area contributed by atoms with Gasteiger partial charge in [0, 0.05) is 17.6 Å². The lowest BCUT2D eigenvalue weighted by Crippen LogP contribution is -2.05. The number of nitrogens with two attached hydrogens (primary N) is 1. The van der Waals surface area contributed by atoms with Crippen LogP contribution in [0.25, 0.3) is 0 Å². The summed E-state index contributed by atoms with van der Waals surface area (Å²) < 4.78 is 11.9. The van der Waals surface area contributed by atoms with Crippen LogP contribution in [0.3, 0.4) is 0 Å². The van der Waals surface area contributed by atoms with Gasteiger partial charge in [0.05, 0.1) is 19.8 Å². The molecule has 96 valence electrons. The van der Waals surface area contributed by atoms with Crippen molar-refractivity contribution in [3.05, 3.63) is 33.8 Å². The van der Waals surface area contributed by atoms with Crippen molar-refractivity contribution in [3.8, 4) is 0 Å². The molecule has 0 aliphatic rings. The predicted molar refractivity (Wildman–Crippen MR) is 72.8 cm³/mol. The van der Waals surface area contributed by atoms with Crippen molar-refractivity contribution in [2.24, 2.45) is 5.73 Å². The van der Waals surface area contributed by atoms with Crippen LogP contribution in [0.1, 0.15) is 24.5 Å². The highest BCUT2D eigenvalue weighted by Crippen LogP contribution is 2.19. The molecule has 0 radical (unpaired) electrons. The van der Waals surface area contributed by atoms with E-state index in [1.54, 1.807) is 0 Å². The summed E-state index contributed by atoms with van der Waals surface area (Å²) in [6, 6.07) is 6.10. The van der Waals surface area contributed by atoms with Gasteiger partial charge in [0.25, 0.3) is 0 Å². The van der Waals surface area contributed by atoms with Crippen LogP contribution in [0.4, 0.5) is 0 Å². The molecule has 1 aromatic rings. The molecular formula is C13H20BrNO2. The molecule has 0 aliphatic heterocycles. The van der Waals surface area contributed by atoms with Gasteiger partial charge in [0.1, 0.15) is 0 Å². The van der Waals surface area contributed by atoms with Gasteiger partial charge in [-0.25, -0.2) is 0 Å². The Morgan fingerprint density at radius 2 is 1.94 bits per heavy atom. The molecule has 17 heavy (non-hydrogen) atoms. The third-order valence-electron chi connectivity index (χ3n) is 2.33. The van der Waals surface area contributed by atoms with Crippen molar-refractivity contribution < 1.29 is 9.47 Å². The zero-order valence-electron chi connectivity index (χ0n) is 10.2. The van der Waals surface area contributed by atoms with Gasteiger partial charge in [-0.1, -0.05) is 35.0 Å². The van der Waals surface area contributed by atoms with E-state index in [1.807, 2.05) is 18.2 Å². The SMILES string of the molecule is CCCOCCOCc1ccc(CN)cc1Br. The minimum Gasteiger partial charge on any atom is -0.379 e. The first-order valence-corrected chi connectivity index (χ1v) is 6.70. The van der Waals surface area contributed by atoms with Gasteiger partial charge in [0.2, 0.25) is 0 Å². The molecule has 0 aliphatic carbocycles. The van der Waals surface area contributed by atoms with Crippen LogP contribution in [-0.2, 0) is 22.6 Å². The van der Waals surface area contributed by atoms with Gasteiger partial charge in [-0.2, -0.15) is 0 Å². The topological polar surface area (TPSA) is 44.5 Å². The maximum absolute atomic E-state index is 5.57. The summed E-state index contributed by atoms with van der Waals surface area (Å²) in [6.45, 7) is 5.35. The van der Waals surface area contributed by atoms with Crippen molar-refractivity contribution >= 4 is 15.9 Å². The summed E-state index contributed by atoms with van der Waals surface area (Å²) in [5, 5.41) is 0. The smallest absolute Gasteiger partial charge is 0.0728 e. The fraction of sp³-hybridized carbons (Fsp3) is 0.538. The van der Waals surface area contributed by atoms with Crippen LogP contribution in [0.2, 0.25) is 0 Å². The van der Waals surface area contributed by atoms with E-state index in [2.05, 4.69) is 22.9 Å². The van der Waals surface area contributed by atoms with E-state index < -0.39 is 0 Å². The second-order valence-electron chi connectivity index (χ2n) is 3.79. The van der Waals surface area contributed by atoms with E-state index in [4.69, 9.17) is 15.2 Å². The fourth-order valence-electron chi connectivity index (χ4n) is 1.38. The van der Waals surface area contributed by atoms with Crippen LogP contribution in [0.5, 0.6) is 0 Å². The van der Waals surface area contributed by atoms with Crippen molar-refractivity contribution in [3.63, 3.8) is 0 Å². The van der Waals surface area contributed by atoms with Crippen molar-refractivity contribution in [1.82, 2.24) is 0 Å². The molecule has 1 aromatic carbocycles. The molecule has 4 heteroatoms. The quantitative estimate of drug-likeness (QED) is 0.751. The van der Waals surface area contributed by atoms with Crippen LogP contribution in [-0.4, -0.2) is 19.8 Å². The highest BCUT2D eigenvalue weighted by Gasteiger charge is 2.01. The molecule has 0 fully saturated rings. The van der Waals surface area contributed by atoms with Crippen LogP contribution < -0.4 is 5.73 Å². The van der Waals surface area contributed by atoms with E-state index in [0.29, 0.717) is 26.4 Å². The summed E-state index contributed by atoms with van der Waals surface area (Å²) in [5.74, 6) is 0. The number of ether oxygens (including phenoxy) is 2. The summed E-state index contributed by atoms with van der Waals surface area (Å²) in [6.07, 6.45) is 1.05.